The summed E-state index contributed by atoms with van der Waals surface area (Å²) in [7, 11) is 0. The van der Waals surface area contributed by atoms with E-state index in [2.05, 4.69) is 9.88 Å². The van der Waals surface area contributed by atoms with Gasteiger partial charge in [-0.1, -0.05) is 11.6 Å². The molecule has 4 aliphatic rings. The molecule has 5 nitrogen and oxygen atoms in total. The SMILES string of the molecule is O=C(O)c1cc(C2CC2)c(CN2[C@@H]3CC4[C@H]2C[C@]4(Oc2ncc(C(F)(F)F)cc2Cl)C3)cc1F. The van der Waals surface area contributed by atoms with Gasteiger partial charge in [-0.3, -0.25) is 4.90 Å². The monoisotopic (exact) mass is 496 g/mol. The molecule has 1 saturated heterocycles. The minimum Gasteiger partial charge on any atom is -0.478 e. The van der Waals surface area contributed by atoms with Crippen LogP contribution in [0, 0.1) is 11.7 Å². The fourth-order valence-corrected chi connectivity index (χ4v) is 6.45. The topological polar surface area (TPSA) is 62.7 Å². The highest BCUT2D eigenvalue weighted by Crippen LogP contribution is 2.62. The summed E-state index contributed by atoms with van der Waals surface area (Å²) in [6, 6.07) is 4.13. The number of aromatic carboxylic acids is 1. The molecule has 2 aromatic rings. The molecule has 1 unspecified atom stereocenters. The van der Waals surface area contributed by atoms with Gasteiger partial charge in [0.1, 0.15) is 16.4 Å². The molecule has 0 spiro atoms. The van der Waals surface area contributed by atoms with Crippen molar-refractivity contribution in [3.8, 4) is 5.88 Å². The third-order valence-corrected chi connectivity index (χ3v) is 8.23. The number of carboxylic acids is 1. The summed E-state index contributed by atoms with van der Waals surface area (Å²) < 4.78 is 59.3. The number of aromatic nitrogens is 1. The van der Waals surface area contributed by atoms with Crippen molar-refractivity contribution in [2.24, 2.45) is 5.92 Å². The molecule has 4 atom stereocenters. The first-order valence-electron chi connectivity index (χ1n) is 11.3. The number of piperidine rings is 2. The van der Waals surface area contributed by atoms with Gasteiger partial charge in [-0.05, 0) is 54.5 Å². The Morgan fingerprint density at radius 2 is 2.03 bits per heavy atom. The average Bonchev–Trinajstić information content (AvgIpc) is 3.50. The number of nitrogens with zero attached hydrogens (tertiary/aromatic N) is 2. The van der Waals surface area contributed by atoms with Crippen LogP contribution in [0.25, 0.3) is 0 Å². The summed E-state index contributed by atoms with van der Waals surface area (Å²) >= 11 is 6.06. The molecular formula is C24H21ClF4N2O3. The maximum absolute atomic E-state index is 14.5. The number of likely N-dealkylation sites (tertiary alicyclic amines) is 1. The first-order valence-corrected chi connectivity index (χ1v) is 11.7. The predicted molar refractivity (Wildman–Crippen MR) is 113 cm³/mol. The zero-order valence-electron chi connectivity index (χ0n) is 17.9. The van der Waals surface area contributed by atoms with Crippen LogP contribution in [0.4, 0.5) is 17.6 Å². The van der Waals surface area contributed by atoms with Gasteiger partial charge in [-0.2, -0.15) is 13.2 Å². The summed E-state index contributed by atoms with van der Waals surface area (Å²) in [6.45, 7) is 0.545. The van der Waals surface area contributed by atoms with Gasteiger partial charge in [0.05, 0.1) is 11.1 Å². The van der Waals surface area contributed by atoms with Crippen molar-refractivity contribution >= 4 is 17.6 Å². The zero-order chi connectivity index (χ0) is 24.0. The maximum Gasteiger partial charge on any atom is 0.417 e. The molecule has 3 aliphatic carbocycles. The smallest absolute Gasteiger partial charge is 0.417 e. The number of rotatable bonds is 6. The highest BCUT2D eigenvalue weighted by Gasteiger charge is 2.69. The van der Waals surface area contributed by atoms with E-state index in [-0.39, 0.29) is 40.4 Å². The molecule has 4 fully saturated rings. The predicted octanol–water partition coefficient (Wildman–Crippen LogP) is 5.65. The lowest BCUT2D eigenvalue weighted by Crippen LogP contribution is -2.66. The van der Waals surface area contributed by atoms with Gasteiger partial charge in [0.25, 0.3) is 0 Å². The van der Waals surface area contributed by atoms with Crippen molar-refractivity contribution in [1.82, 2.24) is 9.88 Å². The van der Waals surface area contributed by atoms with Crippen LogP contribution in [0.1, 0.15) is 65.1 Å². The van der Waals surface area contributed by atoms with Crippen LogP contribution < -0.4 is 4.74 Å². The van der Waals surface area contributed by atoms with Gasteiger partial charge in [-0.25, -0.2) is 14.2 Å². The molecule has 10 heteroatoms. The maximum atomic E-state index is 14.5. The molecular weight excluding hydrogens is 476 g/mol. The first kappa shape index (κ1) is 22.1. The highest BCUT2D eigenvalue weighted by atomic mass is 35.5. The molecule has 3 saturated carbocycles. The summed E-state index contributed by atoms with van der Waals surface area (Å²) in [5, 5.41) is 9.13. The minimum absolute atomic E-state index is 0.0227. The van der Waals surface area contributed by atoms with E-state index in [0.29, 0.717) is 19.4 Å². The number of ether oxygens (including phenoxy) is 1. The number of carboxylic acid groups (broad SMARTS) is 1. The Kier molecular flexibility index (Phi) is 4.75. The molecule has 34 heavy (non-hydrogen) atoms. The van der Waals surface area contributed by atoms with Crippen LogP contribution in [0.15, 0.2) is 24.4 Å². The zero-order valence-corrected chi connectivity index (χ0v) is 18.7. The molecule has 1 N–H and O–H groups in total. The van der Waals surface area contributed by atoms with E-state index in [4.69, 9.17) is 16.3 Å². The third-order valence-electron chi connectivity index (χ3n) is 7.96. The van der Waals surface area contributed by atoms with Crippen molar-refractivity contribution in [3.63, 3.8) is 0 Å². The Morgan fingerprint density at radius 1 is 1.26 bits per heavy atom. The summed E-state index contributed by atoms with van der Waals surface area (Å²) in [6.07, 6.45) is 0.447. The van der Waals surface area contributed by atoms with E-state index in [9.17, 15) is 27.5 Å². The van der Waals surface area contributed by atoms with Crippen molar-refractivity contribution in [2.45, 2.75) is 68.4 Å². The van der Waals surface area contributed by atoms with Crippen molar-refractivity contribution in [3.05, 3.63) is 57.5 Å². The van der Waals surface area contributed by atoms with E-state index in [0.717, 1.165) is 42.7 Å². The van der Waals surface area contributed by atoms with E-state index >= 15 is 0 Å². The van der Waals surface area contributed by atoms with Crippen LogP contribution in [-0.2, 0) is 12.7 Å². The second-order valence-corrected chi connectivity index (χ2v) is 10.3. The highest BCUT2D eigenvalue weighted by molar-refractivity contribution is 6.31. The van der Waals surface area contributed by atoms with Crippen LogP contribution in [-0.4, -0.2) is 38.6 Å². The Labute approximate surface area is 197 Å². The van der Waals surface area contributed by atoms with Crippen molar-refractivity contribution in [1.29, 1.82) is 0 Å². The van der Waals surface area contributed by atoms with E-state index in [1.165, 1.54) is 12.1 Å². The Bertz CT molecular complexity index is 1200. The number of carbonyl (C=O) groups is 1. The van der Waals surface area contributed by atoms with Gasteiger partial charge < -0.3 is 9.84 Å². The molecule has 0 amide bonds. The molecule has 1 aromatic heterocycles. The lowest BCUT2D eigenvalue weighted by atomic mass is 9.65. The average molecular weight is 497 g/mol. The minimum atomic E-state index is -4.52. The molecule has 2 heterocycles. The molecule has 2 bridgehead atoms. The van der Waals surface area contributed by atoms with Gasteiger partial charge >= 0.3 is 12.1 Å². The molecule has 1 aromatic carbocycles. The number of fused-ring (bicyclic) bond motifs is 1. The molecule has 6 rings (SSSR count). The quantitative estimate of drug-likeness (QED) is 0.523. The van der Waals surface area contributed by atoms with Gasteiger partial charge in [-0.15, -0.1) is 0 Å². The fourth-order valence-electron chi connectivity index (χ4n) is 6.25. The summed E-state index contributed by atoms with van der Waals surface area (Å²) in [5.74, 6) is -1.47. The largest absolute Gasteiger partial charge is 0.478 e. The van der Waals surface area contributed by atoms with Gasteiger partial charge in [0.2, 0.25) is 5.88 Å². The standard InChI is InChI=1S/C24H21ClF4N2O3/c25-18-4-13(24(27,28)29)9-30-21(18)34-23-7-14-5-17(23)20(8-23)31(14)10-12-3-19(26)16(22(32)33)6-15(12)11-1-2-11/h3-4,6,9,11,14,17,20H,1-2,5,7-8,10H2,(H,32,33)/t14-,17?,20-,23-/m1/s1. The van der Waals surface area contributed by atoms with Crippen LogP contribution in [0.2, 0.25) is 5.02 Å². The Hall–Kier alpha value is -2.39. The lowest BCUT2D eigenvalue weighted by molar-refractivity contribution is -0.140. The fraction of sp³-hybridized carbons (Fsp3) is 0.500. The number of halogens is 5. The van der Waals surface area contributed by atoms with Crippen molar-refractivity contribution < 1.29 is 32.2 Å². The van der Waals surface area contributed by atoms with E-state index in [1.54, 1.807) is 0 Å². The molecule has 180 valence electrons. The third kappa shape index (κ3) is 3.39. The van der Waals surface area contributed by atoms with Gasteiger partial charge in [0.15, 0.2) is 0 Å². The lowest BCUT2D eigenvalue weighted by Gasteiger charge is -2.56. The van der Waals surface area contributed by atoms with Crippen LogP contribution >= 0.6 is 11.6 Å². The van der Waals surface area contributed by atoms with E-state index in [1.807, 2.05) is 0 Å². The summed E-state index contributed by atoms with van der Waals surface area (Å²) in [4.78, 5) is 17.6. The number of pyridine rings is 1. The Morgan fingerprint density at radius 3 is 2.62 bits per heavy atom. The second-order valence-electron chi connectivity index (χ2n) is 9.93. The van der Waals surface area contributed by atoms with Crippen LogP contribution in [0.5, 0.6) is 5.88 Å². The van der Waals surface area contributed by atoms with Crippen LogP contribution in [0.3, 0.4) is 0 Å². The molecule has 1 aliphatic heterocycles. The normalized spacial score (nSPS) is 29.9. The Balaban J connectivity index is 1.19. The van der Waals surface area contributed by atoms with Crippen molar-refractivity contribution in [2.75, 3.05) is 0 Å². The number of benzene rings is 1. The number of alkyl halides is 3. The second kappa shape index (κ2) is 7.31. The number of hydrogen-bond acceptors (Lipinski definition) is 4. The van der Waals surface area contributed by atoms with Gasteiger partial charge in [0, 0.05) is 43.6 Å². The van der Waals surface area contributed by atoms with E-state index < -0.39 is 29.1 Å². The number of hydrogen-bond donors (Lipinski definition) is 1. The first-order chi connectivity index (χ1) is 16.1. The summed E-state index contributed by atoms with van der Waals surface area (Å²) in [5.41, 5.74) is 0.0682. The molecule has 0 radical (unpaired) electrons.